The number of rotatable bonds is 10. The maximum absolute atomic E-state index is 11.5. The van der Waals surface area contributed by atoms with Crippen LogP contribution >= 0.6 is 12.4 Å². The maximum Gasteiger partial charge on any atom is 0.160 e. The number of Topliss-reactive ketones (excluding diaryl/α,β-unsaturated/α-hetero) is 1. The quantitative estimate of drug-likeness (QED) is 0.267. The summed E-state index contributed by atoms with van der Waals surface area (Å²) in [5.41, 5.74) is -1.79. The number of aliphatic hydroxyl groups is 4. The third kappa shape index (κ3) is 7.78. The molecule has 0 atom stereocenters. The van der Waals surface area contributed by atoms with Gasteiger partial charge >= 0.3 is 0 Å². The molecular weight excluding hydrogens is 276 g/mol. The summed E-state index contributed by atoms with van der Waals surface area (Å²) < 4.78 is 0. The number of ketones is 1. The van der Waals surface area contributed by atoms with Gasteiger partial charge in [-0.2, -0.15) is 0 Å². The summed E-state index contributed by atoms with van der Waals surface area (Å²) in [5, 5.41) is 41.6. The number of hydrogen-bond donors (Lipinski definition) is 6. The highest BCUT2D eigenvalue weighted by Crippen LogP contribution is 2.01. The predicted octanol–water partition coefficient (Wildman–Crippen LogP) is -2.36. The molecule has 0 spiro atoms. The smallest absolute Gasteiger partial charge is 0.160 e. The summed E-state index contributed by atoms with van der Waals surface area (Å²) in [6.45, 7) is 2.03. The van der Waals surface area contributed by atoms with Crippen molar-refractivity contribution >= 4 is 18.2 Å². The molecule has 0 aliphatic heterocycles. The van der Waals surface area contributed by atoms with Gasteiger partial charge in [0.25, 0.3) is 0 Å². The van der Waals surface area contributed by atoms with Crippen molar-refractivity contribution in [3.63, 3.8) is 0 Å². The second kappa shape index (κ2) is 9.60. The van der Waals surface area contributed by atoms with E-state index in [9.17, 15) is 4.79 Å². The van der Waals surface area contributed by atoms with Crippen molar-refractivity contribution < 1.29 is 25.2 Å². The molecule has 116 valence electrons. The zero-order valence-corrected chi connectivity index (χ0v) is 12.2. The van der Waals surface area contributed by atoms with Crippen LogP contribution in [0, 0.1) is 0 Å². The first-order valence-corrected chi connectivity index (χ1v) is 5.80. The molecular formula is C11H25ClN2O5. The molecule has 0 saturated carbocycles. The van der Waals surface area contributed by atoms with Crippen molar-refractivity contribution in [2.45, 2.75) is 24.9 Å². The van der Waals surface area contributed by atoms with Gasteiger partial charge in [0.1, 0.15) is 0 Å². The Morgan fingerprint density at radius 1 is 0.842 bits per heavy atom. The van der Waals surface area contributed by atoms with Crippen LogP contribution in [0.25, 0.3) is 0 Å². The molecule has 0 radical (unpaired) electrons. The summed E-state index contributed by atoms with van der Waals surface area (Å²) in [6.07, 6.45) is 0. The molecule has 0 aliphatic rings. The van der Waals surface area contributed by atoms with Crippen LogP contribution in [0.1, 0.15) is 13.8 Å². The first-order valence-electron chi connectivity index (χ1n) is 5.80. The fraction of sp³-hybridized carbons (Fsp3) is 0.909. The van der Waals surface area contributed by atoms with Crippen molar-refractivity contribution in [1.29, 1.82) is 0 Å². The molecule has 8 heteroatoms. The summed E-state index contributed by atoms with van der Waals surface area (Å²) in [7, 11) is 0. The van der Waals surface area contributed by atoms with Crippen LogP contribution in [-0.4, -0.2) is 76.8 Å². The SMILES string of the molecule is CC(CO)(CO)NCC(=O)CNC(C)(CO)CO.Cl. The van der Waals surface area contributed by atoms with Crippen LogP contribution in [0.15, 0.2) is 0 Å². The number of aliphatic hydroxyl groups excluding tert-OH is 4. The van der Waals surface area contributed by atoms with Gasteiger partial charge in [-0.3, -0.25) is 4.79 Å². The molecule has 0 bridgehead atoms. The van der Waals surface area contributed by atoms with E-state index in [0.717, 1.165) is 0 Å². The van der Waals surface area contributed by atoms with Crippen molar-refractivity contribution in [3.8, 4) is 0 Å². The third-order valence-corrected chi connectivity index (χ3v) is 2.82. The molecule has 7 nitrogen and oxygen atoms in total. The van der Waals surface area contributed by atoms with Gasteiger partial charge in [0, 0.05) is 0 Å². The topological polar surface area (TPSA) is 122 Å². The Morgan fingerprint density at radius 2 is 1.11 bits per heavy atom. The van der Waals surface area contributed by atoms with E-state index in [2.05, 4.69) is 10.6 Å². The molecule has 19 heavy (non-hydrogen) atoms. The van der Waals surface area contributed by atoms with Gasteiger partial charge in [-0.1, -0.05) is 0 Å². The Kier molecular flexibility index (Phi) is 10.6. The van der Waals surface area contributed by atoms with Gasteiger partial charge in [-0.05, 0) is 13.8 Å². The van der Waals surface area contributed by atoms with Gasteiger partial charge in [0.15, 0.2) is 5.78 Å². The second-order valence-electron chi connectivity index (χ2n) is 5.00. The number of carbonyl (C=O) groups is 1. The Bertz CT molecular complexity index is 233. The van der Waals surface area contributed by atoms with Crippen LogP contribution in [0.3, 0.4) is 0 Å². The molecule has 0 heterocycles. The fourth-order valence-electron chi connectivity index (χ4n) is 1.01. The first-order chi connectivity index (χ1) is 8.34. The highest BCUT2D eigenvalue weighted by atomic mass is 35.5. The van der Waals surface area contributed by atoms with E-state index < -0.39 is 11.1 Å². The second-order valence-corrected chi connectivity index (χ2v) is 5.00. The van der Waals surface area contributed by atoms with E-state index in [1.165, 1.54) is 0 Å². The maximum atomic E-state index is 11.5. The summed E-state index contributed by atoms with van der Waals surface area (Å²) in [5.74, 6) is -0.198. The van der Waals surface area contributed by atoms with E-state index in [0.29, 0.717) is 0 Å². The van der Waals surface area contributed by atoms with E-state index in [1.807, 2.05) is 0 Å². The molecule has 0 aromatic heterocycles. The highest BCUT2D eigenvalue weighted by Gasteiger charge is 2.24. The molecule has 0 unspecified atom stereocenters. The lowest BCUT2D eigenvalue weighted by Gasteiger charge is -2.28. The lowest BCUT2D eigenvalue weighted by Crippen LogP contribution is -2.54. The molecule has 0 aliphatic carbocycles. The molecule has 0 rings (SSSR count). The average molecular weight is 301 g/mol. The Hall–Kier alpha value is -0.280. The Labute approximate surface area is 119 Å². The minimum atomic E-state index is -0.896. The van der Waals surface area contributed by atoms with E-state index >= 15 is 0 Å². The zero-order valence-electron chi connectivity index (χ0n) is 11.3. The largest absolute Gasteiger partial charge is 0.394 e. The molecule has 0 amide bonds. The number of halogens is 1. The number of carbonyl (C=O) groups excluding carboxylic acids is 1. The molecule has 0 saturated heterocycles. The van der Waals surface area contributed by atoms with E-state index in [4.69, 9.17) is 20.4 Å². The van der Waals surface area contributed by atoms with Crippen molar-refractivity contribution in [3.05, 3.63) is 0 Å². The van der Waals surface area contributed by atoms with Crippen molar-refractivity contribution in [2.75, 3.05) is 39.5 Å². The lowest BCUT2D eigenvalue weighted by molar-refractivity contribution is -0.118. The third-order valence-electron chi connectivity index (χ3n) is 2.82. The highest BCUT2D eigenvalue weighted by molar-refractivity contribution is 5.85. The minimum absolute atomic E-state index is 0. The average Bonchev–Trinajstić information content (AvgIpc) is 2.42. The minimum Gasteiger partial charge on any atom is -0.394 e. The Morgan fingerprint density at radius 3 is 1.32 bits per heavy atom. The van der Waals surface area contributed by atoms with Gasteiger partial charge in [0.05, 0.1) is 50.6 Å². The van der Waals surface area contributed by atoms with Crippen LogP contribution in [-0.2, 0) is 4.79 Å². The van der Waals surface area contributed by atoms with Crippen LogP contribution < -0.4 is 10.6 Å². The van der Waals surface area contributed by atoms with E-state index in [1.54, 1.807) is 13.8 Å². The number of nitrogens with one attached hydrogen (secondary N) is 2. The van der Waals surface area contributed by atoms with Crippen molar-refractivity contribution in [1.82, 2.24) is 10.6 Å². The van der Waals surface area contributed by atoms with Crippen LogP contribution in [0.5, 0.6) is 0 Å². The van der Waals surface area contributed by atoms with E-state index in [-0.39, 0.29) is 57.7 Å². The number of hydrogen-bond acceptors (Lipinski definition) is 7. The summed E-state index contributed by atoms with van der Waals surface area (Å²) in [4.78, 5) is 11.5. The van der Waals surface area contributed by atoms with Gasteiger partial charge in [-0.15, -0.1) is 12.4 Å². The first kappa shape index (κ1) is 21.0. The zero-order chi connectivity index (χ0) is 14.2. The van der Waals surface area contributed by atoms with Crippen molar-refractivity contribution in [2.24, 2.45) is 0 Å². The molecule has 0 fully saturated rings. The van der Waals surface area contributed by atoms with Crippen LogP contribution in [0.2, 0.25) is 0 Å². The monoisotopic (exact) mass is 300 g/mol. The van der Waals surface area contributed by atoms with Crippen LogP contribution in [0.4, 0.5) is 0 Å². The molecule has 0 aromatic carbocycles. The Balaban J connectivity index is 0. The molecule has 0 aromatic rings. The normalized spacial score (nSPS) is 12.1. The lowest BCUT2D eigenvalue weighted by atomic mass is 10.0. The van der Waals surface area contributed by atoms with Gasteiger partial charge in [0.2, 0.25) is 0 Å². The molecule has 6 N–H and O–H groups in total. The summed E-state index contributed by atoms with van der Waals surface area (Å²) in [6, 6.07) is 0. The fourth-order valence-corrected chi connectivity index (χ4v) is 1.01. The predicted molar refractivity (Wildman–Crippen MR) is 73.4 cm³/mol. The summed E-state index contributed by atoms with van der Waals surface area (Å²) >= 11 is 0. The van der Waals surface area contributed by atoms with Gasteiger partial charge < -0.3 is 31.1 Å². The standard InChI is InChI=1S/C11H24N2O5.ClH/c1-10(5-14,6-15)12-3-9(18)4-13-11(2,7-16)8-17;/h12-17H,3-8H2,1-2H3;1H. The van der Waals surface area contributed by atoms with Gasteiger partial charge in [-0.25, -0.2) is 0 Å².